The Morgan fingerprint density at radius 2 is 0.401 bits per heavy atom. The Morgan fingerprint density at radius 1 is 0.153 bits per heavy atom. The molecule has 3 aliphatic rings. The summed E-state index contributed by atoms with van der Waals surface area (Å²) in [5, 5.41) is 10.1. The molecule has 8 nitrogen and oxygen atoms in total. The van der Waals surface area contributed by atoms with E-state index in [0.717, 1.165) is 62.6 Å². The lowest BCUT2D eigenvalue weighted by Gasteiger charge is -2.36. The monoisotopic (exact) mass is 1760 g/mol. The maximum atomic E-state index is 2.51. The number of para-hydroxylation sites is 13. The second-order valence-electron chi connectivity index (χ2n) is 38.0. The van der Waals surface area contributed by atoms with E-state index in [4.69, 9.17) is 0 Å². The molecule has 0 saturated carbocycles. The SMILES string of the molecule is CC1(C)c2ccccc2-n2c3ccc(-c4ccccc4)cc3c3cc(N(c4ccccc4)c4ccccc4)cc1c32.CC1(C)c2ccccc2-n2c3ccc(-n4c5ccccc5c5ccccc54)cc3c3cc(N(c4ccccc4)c4ccccc4)cc1c32.CC1(C)c2ccccc2-n2c3ccc(N(c4ccccc4)c4ccccc4)cc3c3cc(N(c4ccccc4)c4ccccc4)cc1c32. The minimum Gasteiger partial charge on any atom is -0.310 e. The Bertz CT molecular complexity index is 8570. The number of aromatic nitrogens is 4. The van der Waals surface area contributed by atoms with Gasteiger partial charge < -0.3 is 37.9 Å². The van der Waals surface area contributed by atoms with Gasteiger partial charge in [-0.25, -0.2) is 0 Å². The molecular formula is C129H98N8. The van der Waals surface area contributed by atoms with Crippen LogP contribution in [0.3, 0.4) is 0 Å². The zero-order valence-electron chi connectivity index (χ0n) is 77.3. The maximum absolute atomic E-state index is 2.51. The molecule has 20 aromatic carbocycles. The molecular weight excluding hydrogens is 1660 g/mol. The smallest absolute Gasteiger partial charge is 0.0583 e. The van der Waals surface area contributed by atoms with Crippen molar-refractivity contribution in [2.24, 2.45) is 0 Å². The highest BCUT2D eigenvalue weighted by atomic mass is 15.2. The van der Waals surface area contributed by atoms with Crippen molar-refractivity contribution in [3.8, 4) is 33.9 Å². The van der Waals surface area contributed by atoms with E-state index >= 15 is 0 Å². The molecule has 0 aliphatic carbocycles. The first-order chi connectivity index (χ1) is 67.3. The fourth-order valence-corrected chi connectivity index (χ4v) is 22.7. The van der Waals surface area contributed by atoms with Crippen molar-refractivity contribution < 1.29 is 0 Å². The summed E-state index contributed by atoms with van der Waals surface area (Å²) in [6.07, 6.45) is 0. The van der Waals surface area contributed by atoms with E-state index in [1.807, 2.05) is 0 Å². The highest BCUT2D eigenvalue weighted by molar-refractivity contribution is 6.18. The third-order valence-electron chi connectivity index (χ3n) is 29.1. The largest absolute Gasteiger partial charge is 0.310 e. The van der Waals surface area contributed by atoms with Crippen molar-refractivity contribution in [1.29, 1.82) is 0 Å². The van der Waals surface area contributed by atoms with Crippen LogP contribution in [0.2, 0.25) is 0 Å². The van der Waals surface area contributed by atoms with Gasteiger partial charge in [0, 0.05) is 133 Å². The summed E-state index contributed by atoms with van der Waals surface area (Å²) in [6.45, 7) is 14.2. The summed E-state index contributed by atoms with van der Waals surface area (Å²) in [6, 6.07) is 176. The predicted octanol–water partition coefficient (Wildman–Crippen LogP) is 34.9. The van der Waals surface area contributed by atoms with Gasteiger partial charge in [-0.15, -0.1) is 0 Å². The number of fused-ring (bicyclic) bond motifs is 18. The minimum absolute atomic E-state index is 0.170. The average molecular weight is 1760 g/mol. The standard InChI is InChI=1S/C45H33N3.C45H35N3.C39H30N2/c1-45(2)38-21-11-14-24-43(38)48-42-26-25-32(47-40-22-12-9-19-34(40)35-20-10-13-23-41(35)47)27-36(42)37-28-33(29-39(45)44(37)48)46(30-15-5-3-6-16-30)31-17-7-4-8-18-31;1-45(2)40-25-15-16-26-43(40)48-42-28-27-36(46(32-17-7-3-8-18-32)33-19-9-4-10-20-33)29-38(42)39-30-37(31-41(45)44(39)48)47(34-21-11-5-12-22-34)35-23-13-6-14-24-35;1-39(2)34-20-12-13-21-37(34)41-36-23-22-28(27-14-6-3-7-15-27)24-32(36)33-25-31(26-35(39)38(33)41)40(29-16-8-4-9-17-29)30-18-10-5-11-19-30/h3-29H,1-2H3;3-31H,1-2H3;3-26H,1-2H3. The summed E-state index contributed by atoms with van der Waals surface area (Å²) in [4.78, 5) is 9.52. The van der Waals surface area contributed by atoms with Crippen molar-refractivity contribution in [2.45, 2.75) is 57.8 Å². The first-order valence-corrected chi connectivity index (χ1v) is 47.6. The van der Waals surface area contributed by atoms with E-state index in [0.29, 0.717) is 0 Å². The van der Waals surface area contributed by atoms with Gasteiger partial charge in [0.2, 0.25) is 0 Å². The Kier molecular flexibility index (Phi) is 19.5. The number of anilines is 12. The lowest BCUT2D eigenvalue weighted by Crippen LogP contribution is -2.26. The normalized spacial score (nSPS) is 13.2. The van der Waals surface area contributed by atoms with Gasteiger partial charge in [-0.05, 0) is 257 Å². The van der Waals surface area contributed by atoms with Crippen molar-refractivity contribution in [1.82, 2.24) is 18.3 Å². The van der Waals surface area contributed by atoms with E-state index in [2.05, 4.69) is 565 Å². The molecule has 0 N–H and O–H groups in total. The van der Waals surface area contributed by atoms with Gasteiger partial charge in [0.1, 0.15) is 0 Å². The number of hydrogen-bond acceptors (Lipinski definition) is 4. The van der Waals surface area contributed by atoms with Gasteiger partial charge in [-0.2, -0.15) is 0 Å². The molecule has 0 bridgehead atoms. The molecule has 0 atom stereocenters. The average Bonchev–Trinajstić information content (AvgIpc) is 1.55. The van der Waals surface area contributed by atoms with Crippen LogP contribution in [0.15, 0.2) is 485 Å². The van der Waals surface area contributed by atoms with Crippen LogP contribution in [-0.4, -0.2) is 18.3 Å². The fourth-order valence-electron chi connectivity index (χ4n) is 22.7. The summed E-state index contributed by atoms with van der Waals surface area (Å²) in [5.74, 6) is 0. The Balaban J connectivity index is 0.000000110. The Hall–Kier alpha value is -17.2. The molecule has 0 fully saturated rings. The van der Waals surface area contributed by atoms with E-state index in [-0.39, 0.29) is 16.2 Å². The van der Waals surface area contributed by atoms with Gasteiger partial charge in [0.15, 0.2) is 0 Å². The third kappa shape index (κ3) is 13.3. The van der Waals surface area contributed by atoms with Gasteiger partial charge in [-0.3, -0.25) is 0 Å². The summed E-state index contributed by atoms with van der Waals surface area (Å²) < 4.78 is 9.93. The lowest BCUT2D eigenvalue weighted by molar-refractivity contribution is 0.630. The quantitative estimate of drug-likeness (QED) is 0.109. The van der Waals surface area contributed by atoms with E-state index in [1.165, 1.54) is 160 Å². The molecule has 24 aromatic rings. The van der Waals surface area contributed by atoms with Gasteiger partial charge in [0.05, 0.1) is 61.2 Å². The molecule has 0 unspecified atom stereocenters. The molecule has 0 radical (unpaired) electrons. The second kappa shape index (κ2) is 32.6. The predicted molar refractivity (Wildman–Crippen MR) is 577 cm³/mol. The van der Waals surface area contributed by atoms with Crippen LogP contribution in [0.1, 0.15) is 74.9 Å². The van der Waals surface area contributed by atoms with Gasteiger partial charge in [-0.1, -0.05) is 315 Å². The molecule has 0 spiro atoms. The van der Waals surface area contributed by atoms with Crippen LogP contribution in [0.5, 0.6) is 0 Å². The molecule has 654 valence electrons. The lowest BCUT2D eigenvalue weighted by atomic mass is 9.74. The molecule has 8 heteroatoms. The molecule has 3 aliphatic heterocycles. The van der Waals surface area contributed by atoms with Crippen LogP contribution < -0.4 is 19.6 Å². The highest BCUT2D eigenvalue weighted by Gasteiger charge is 2.41. The first-order valence-electron chi connectivity index (χ1n) is 47.6. The van der Waals surface area contributed by atoms with Crippen LogP contribution >= 0.6 is 0 Å². The van der Waals surface area contributed by atoms with E-state index < -0.39 is 0 Å². The van der Waals surface area contributed by atoms with Crippen molar-refractivity contribution in [3.05, 3.63) is 519 Å². The van der Waals surface area contributed by atoms with Crippen molar-refractivity contribution in [2.75, 3.05) is 19.6 Å². The zero-order valence-corrected chi connectivity index (χ0v) is 77.3. The molecule has 0 saturated heterocycles. The number of nitrogens with zero attached hydrogens (tertiary/aromatic N) is 8. The summed E-state index contributed by atoms with van der Waals surface area (Å²) >= 11 is 0. The molecule has 137 heavy (non-hydrogen) atoms. The molecule has 0 amide bonds. The van der Waals surface area contributed by atoms with Crippen LogP contribution in [0, 0.1) is 0 Å². The number of rotatable bonds is 14. The summed E-state index contributed by atoms with van der Waals surface area (Å²) in [5.41, 5.74) is 38.5. The number of hydrogen-bond donors (Lipinski definition) is 0. The molecule has 7 heterocycles. The molecule has 4 aromatic heterocycles. The van der Waals surface area contributed by atoms with E-state index in [9.17, 15) is 0 Å². The Labute approximate surface area is 798 Å². The van der Waals surface area contributed by atoms with Crippen molar-refractivity contribution in [3.63, 3.8) is 0 Å². The van der Waals surface area contributed by atoms with Crippen LogP contribution in [-0.2, 0) is 16.2 Å². The summed E-state index contributed by atoms with van der Waals surface area (Å²) in [7, 11) is 0. The van der Waals surface area contributed by atoms with Gasteiger partial charge >= 0.3 is 0 Å². The highest BCUT2D eigenvalue weighted by Crippen LogP contribution is 2.57. The Morgan fingerprint density at radius 3 is 0.737 bits per heavy atom. The topological polar surface area (TPSA) is 32.7 Å². The molecule has 27 rings (SSSR count). The van der Waals surface area contributed by atoms with Gasteiger partial charge in [0.25, 0.3) is 0 Å². The maximum Gasteiger partial charge on any atom is 0.0583 e. The minimum atomic E-state index is -0.211. The number of benzene rings is 20. The van der Waals surface area contributed by atoms with Crippen molar-refractivity contribution >= 4 is 155 Å². The third-order valence-corrected chi connectivity index (χ3v) is 29.1. The van der Waals surface area contributed by atoms with Crippen LogP contribution in [0.4, 0.5) is 68.2 Å². The van der Waals surface area contributed by atoms with Crippen LogP contribution in [0.25, 0.3) is 121 Å². The second-order valence-corrected chi connectivity index (χ2v) is 38.0. The zero-order chi connectivity index (χ0) is 91.8. The first kappa shape index (κ1) is 81.8. The van der Waals surface area contributed by atoms with E-state index in [1.54, 1.807) is 0 Å². The fraction of sp³-hybridized carbons (Fsp3) is 0.0698.